The summed E-state index contributed by atoms with van der Waals surface area (Å²) in [7, 11) is 0. The lowest BCUT2D eigenvalue weighted by Crippen LogP contribution is -2.53. The van der Waals surface area contributed by atoms with Crippen LogP contribution in [-0.2, 0) is 6.54 Å². The number of piperidine rings is 2. The summed E-state index contributed by atoms with van der Waals surface area (Å²) in [4.78, 5) is 15.6. The van der Waals surface area contributed by atoms with Gasteiger partial charge in [-0.15, -0.1) is 0 Å². The third-order valence-corrected chi connectivity index (χ3v) is 5.40. The number of nitrogen functional groups attached to an aromatic ring is 1. The van der Waals surface area contributed by atoms with E-state index < -0.39 is 0 Å². The van der Waals surface area contributed by atoms with Crippen molar-refractivity contribution in [3.05, 3.63) is 35.7 Å². The fourth-order valence-electron chi connectivity index (χ4n) is 4.29. The maximum Gasteiger partial charge on any atom is 0.232 e. The van der Waals surface area contributed by atoms with Crippen molar-refractivity contribution in [1.29, 1.82) is 0 Å². The number of nitrogens with two attached hydrogens (primary N) is 1. The first-order valence-corrected chi connectivity index (χ1v) is 9.35. The first kappa shape index (κ1) is 17.2. The smallest absolute Gasteiger partial charge is 0.232 e. The first-order valence-electron chi connectivity index (χ1n) is 9.35. The highest BCUT2D eigenvalue weighted by atomic mass is 16.3. The van der Waals surface area contributed by atoms with Crippen LogP contribution in [0.2, 0.25) is 0 Å². The Kier molecular flexibility index (Phi) is 4.74. The van der Waals surface area contributed by atoms with Crippen molar-refractivity contribution in [2.75, 3.05) is 11.1 Å². The van der Waals surface area contributed by atoms with E-state index in [0.29, 0.717) is 30.4 Å². The zero-order chi connectivity index (χ0) is 18.1. The molecule has 4 rings (SSSR count). The van der Waals surface area contributed by atoms with Gasteiger partial charge in [0.25, 0.3) is 0 Å². The van der Waals surface area contributed by atoms with Crippen LogP contribution >= 0.6 is 0 Å². The summed E-state index contributed by atoms with van der Waals surface area (Å²) in [6, 6.07) is 8.86. The Morgan fingerprint density at radius 2 is 1.96 bits per heavy atom. The molecule has 0 saturated carbocycles. The number of fused-ring (bicyclic) bond motifs is 2. The highest BCUT2D eigenvalue weighted by molar-refractivity contribution is 5.54. The van der Waals surface area contributed by atoms with Crippen LogP contribution in [0.5, 0.6) is 0 Å². The molecule has 0 aliphatic carbocycles. The van der Waals surface area contributed by atoms with Crippen molar-refractivity contribution in [2.45, 2.75) is 63.8 Å². The molecule has 0 spiro atoms. The molecule has 3 heterocycles. The molecule has 138 valence electrons. The molecule has 2 bridgehead atoms. The van der Waals surface area contributed by atoms with Gasteiger partial charge in [0.15, 0.2) is 0 Å². The number of nitrogens with zero attached hydrogens (tertiary/aromatic N) is 4. The van der Waals surface area contributed by atoms with Gasteiger partial charge in [0, 0.05) is 17.8 Å². The molecule has 4 N–H and O–H groups in total. The molecular weight excluding hydrogens is 328 g/mol. The lowest BCUT2D eigenvalue weighted by Gasteiger charge is -2.47. The van der Waals surface area contributed by atoms with Gasteiger partial charge in [-0.2, -0.15) is 15.0 Å². The van der Waals surface area contributed by atoms with E-state index in [9.17, 15) is 5.11 Å². The average molecular weight is 354 g/mol. The Labute approximate surface area is 153 Å². The van der Waals surface area contributed by atoms with E-state index in [4.69, 9.17) is 5.73 Å². The molecule has 7 heteroatoms. The van der Waals surface area contributed by atoms with Crippen molar-refractivity contribution in [3.8, 4) is 0 Å². The van der Waals surface area contributed by atoms with E-state index in [0.717, 1.165) is 36.9 Å². The van der Waals surface area contributed by atoms with Crippen LogP contribution in [0.4, 0.5) is 17.6 Å². The summed E-state index contributed by atoms with van der Waals surface area (Å²) in [5, 5.41) is 13.3. The molecule has 2 aliphatic heterocycles. The zero-order valence-electron chi connectivity index (χ0n) is 15.1. The summed E-state index contributed by atoms with van der Waals surface area (Å²) in [6.07, 6.45) is 4.99. The SMILES string of the molecule is Cc1cccc(Nc2nc(N)nc(CN3[C@@H]4CCC[C@H]3CC(O)C4)n2)c1. The normalized spacial score (nSPS) is 25.8. The molecule has 2 aromatic rings. The second-order valence-corrected chi connectivity index (χ2v) is 7.46. The number of benzene rings is 1. The quantitative estimate of drug-likeness (QED) is 0.775. The number of aryl methyl sites for hydroxylation is 1. The van der Waals surface area contributed by atoms with Gasteiger partial charge in [-0.1, -0.05) is 18.6 Å². The van der Waals surface area contributed by atoms with E-state index in [2.05, 4.69) is 25.2 Å². The number of rotatable bonds is 4. The molecular formula is C19H26N6O. The number of hydrogen-bond donors (Lipinski definition) is 3. The molecule has 7 nitrogen and oxygen atoms in total. The standard InChI is InChI=1S/C19H26N6O/c1-12-4-2-5-13(8-12)21-19-23-17(22-18(20)24-19)11-25-14-6-3-7-15(25)10-16(26)9-14/h2,4-5,8,14-16,26H,3,6-7,9-11H2,1H3,(H3,20,21,22,23,24)/t14-,15+,16?. The fourth-order valence-corrected chi connectivity index (χ4v) is 4.29. The number of hydrogen-bond acceptors (Lipinski definition) is 7. The minimum atomic E-state index is -0.177. The van der Waals surface area contributed by atoms with E-state index in [1.807, 2.05) is 31.2 Å². The Bertz CT molecular complexity index is 768. The van der Waals surface area contributed by atoms with Gasteiger partial charge in [0.2, 0.25) is 11.9 Å². The summed E-state index contributed by atoms with van der Waals surface area (Å²) in [5.41, 5.74) is 8.02. The van der Waals surface area contributed by atoms with E-state index in [1.54, 1.807) is 0 Å². The van der Waals surface area contributed by atoms with Gasteiger partial charge in [-0.25, -0.2) is 0 Å². The van der Waals surface area contributed by atoms with Crippen molar-refractivity contribution >= 4 is 17.6 Å². The van der Waals surface area contributed by atoms with Crippen molar-refractivity contribution in [2.24, 2.45) is 0 Å². The summed E-state index contributed by atoms with van der Waals surface area (Å²) in [6.45, 7) is 2.69. The molecule has 2 aliphatic rings. The second kappa shape index (κ2) is 7.17. The molecule has 1 unspecified atom stereocenters. The number of anilines is 3. The van der Waals surface area contributed by atoms with E-state index in [1.165, 1.54) is 6.42 Å². The van der Waals surface area contributed by atoms with Crippen molar-refractivity contribution in [3.63, 3.8) is 0 Å². The third kappa shape index (κ3) is 3.78. The Morgan fingerprint density at radius 1 is 1.19 bits per heavy atom. The van der Waals surface area contributed by atoms with Crippen molar-refractivity contribution < 1.29 is 5.11 Å². The van der Waals surface area contributed by atoms with Crippen LogP contribution in [0.25, 0.3) is 0 Å². The van der Waals surface area contributed by atoms with Crippen molar-refractivity contribution in [1.82, 2.24) is 19.9 Å². The summed E-state index contributed by atoms with van der Waals surface area (Å²) < 4.78 is 0. The zero-order valence-corrected chi connectivity index (χ0v) is 15.1. The predicted octanol–water partition coefficient (Wildman–Crippen LogP) is 2.38. The Morgan fingerprint density at radius 3 is 2.69 bits per heavy atom. The lowest BCUT2D eigenvalue weighted by atomic mass is 9.83. The molecule has 2 saturated heterocycles. The van der Waals surface area contributed by atoms with Gasteiger partial charge >= 0.3 is 0 Å². The van der Waals surface area contributed by atoms with E-state index in [-0.39, 0.29) is 12.1 Å². The van der Waals surface area contributed by atoms with Crippen LogP contribution in [0.15, 0.2) is 24.3 Å². The number of nitrogens with one attached hydrogen (secondary N) is 1. The lowest BCUT2D eigenvalue weighted by molar-refractivity contribution is -0.0325. The molecule has 0 radical (unpaired) electrons. The largest absolute Gasteiger partial charge is 0.393 e. The van der Waals surface area contributed by atoms with Crippen LogP contribution in [0.1, 0.15) is 43.5 Å². The maximum absolute atomic E-state index is 10.1. The number of aliphatic hydroxyl groups is 1. The topological polar surface area (TPSA) is 100 Å². The van der Waals surface area contributed by atoms with Gasteiger partial charge in [0.05, 0.1) is 12.6 Å². The average Bonchev–Trinajstić information content (AvgIpc) is 2.55. The fraction of sp³-hybridized carbons (Fsp3) is 0.526. The monoisotopic (exact) mass is 354 g/mol. The highest BCUT2D eigenvalue weighted by Gasteiger charge is 2.37. The van der Waals surface area contributed by atoms with Crippen LogP contribution < -0.4 is 11.1 Å². The van der Waals surface area contributed by atoms with Gasteiger partial charge < -0.3 is 16.2 Å². The first-order chi connectivity index (χ1) is 12.6. The number of aromatic nitrogens is 3. The second-order valence-electron chi connectivity index (χ2n) is 7.46. The molecule has 1 aromatic heterocycles. The molecule has 2 fully saturated rings. The molecule has 0 amide bonds. The van der Waals surface area contributed by atoms with Gasteiger partial charge in [0.1, 0.15) is 5.82 Å². The molecule has 1 aromatic carbocycles. The molecule has 26 heavy (non-hydrogen) atoms. The predicted molar refractivity (Wildman–Crippen MR) is 101 cm³/mol. The summed E-state index contributed by atoms with van der Waals surface area (Å²) in [5.74, 6) is 1.38. The Hall–Kier alpha value is -2.25. The number of aliphatic hydroxyl groups excluding tert-OH is 1. The van der Waals surface area contributed by atoms with E-state index >= 15 is 0 Å². The Balaban J connectivity index is 1.53. The van der Waals surface area contributed by atoms with Crippen LogP contribution in [0.3, 0.4) is 0 Å². The van der Waals surface area contributed by atoms with Crippen LogP contribution in [0, 0.1) is 6.92 Å². The third-order valence-electron chi connectivity index (χ3n) is 5.40. The summed E-state index contributed by atoms with van der Waals surface area (Å²) >= 11 is 0. The molecule has 3 atom stereocenters. The minimum absolute atomic E-state index is 0.177. The van der Waals surface area contributed by atoms with Gasteiger partial charge in [-0.3, -0.25) is 4.90 Å². The maximum atomic E-state index is 10.1. The minimum Gasteiger partial charge on any atom is -0.393 e. The van der Waals surface area contributed by atoms with Gasteiger partial charge in [-0.05, 0) is 50.3 Å². The van der Waals surface area contributed by atoms with Crippen LogP contribution in [-0.4, -0.2) is 43.1 Å². The highest BCUT2D eigenvalue weighted by Crippen LogP contribution is 2.34.